The van der Waals surface area contributed by atoms with E-state index in [2.05, 4.69) is 17.6 Å². The zero-order chi connectivity index (χ0) is 17.9. The highest BCUT2D eigenvalue weighted by Crippen LogP contribution is 2.18. The van der Waals surface area contributed by atoms with Gasteiger partial charge in [0.1, 0.15) is 0 Å². The molecule has 0 spiro atoms. The van der Waals surface area contributed by atoms with Crippen LogP contribution in [0.25, 0.3) is 0 Å². The molecule has 0 radical (unpaired) electrons. The van der Waals surface area contributed by atoms with Gasteiger partial charge in [-0.05, 0) is 57.0 Å². The number of rotatable bonds is 5. The fraction of sp³-hybridized carbons (Fsp3) is 0.588. The molecular formula is C17H27N3O3S. The molecule has 1 aromatic carbocycles. The van der Waals surface area contributed by atoms with Gasteiger partial charge in [0.25, 0.3) is 5.91 Å². The Morgan fingerprint density at radius 3 is 2.46 bits per heavy atom. The van der Waals surface area contributed by atoms with E-state index in [1.54, 1.807) is 19.2 Å². The first-order valence-electron chi connectivity index (χ1n) is 8.33. The van der Waals surface area contributed by atoms with Gasteiger partial charge in [-0.15, -0.1) is 0 Å². The summed E-state index contributed by atoms with van der Waals surface area (Å²) in [7, 11) is -1.97. The summed E-state index contributed by atoms with van der Waals surface area (Å²) in [5.74, 6) is 0.256. The number of benzene rings is 1. The smallest absolute Gasteiger partial charge is 0.251 e. The zero-order valence-corrected chi connectivity index (χ0v) is 15.6. The summed E-state index contributed by atoms with van der Waals surface area (Å²) in [6.45, 7) is 7.50. The van der Waals surface area contributed by atoms with Crippen molar-refractivity contribution < 1.29 is 13.2 Å². The van der Waals surface area contributed by atoms with Crippen LogP contribution < -0.4 is 10.6 Å². The van der Waals surface area contributed by atoms with Crippen LogP contribution in [0, 0.1) is 5.92 Å². The maximum atomic E-state index is 12.4. The second-order valence-electron chi connectivity index (χ2n) is 6.69. The van der Waals surface area contributed by atoms with Gasteiger partial charge in [0.15, 0.2) is 0 Å². The van der Waals surface area contributed by atoms with Crippen molar-refractivity contribution >= 4 is 15.9 Å². The quantitative estimate of drug-likeness (QED) is 0.840. The molecule has 2 atom stereocenters. The van der Waals surface area contributed by atoms with Crippen molar-refractivity contribution in [3.8, 4) is 0 Å². The minimum atomic E-state index is -3.53. The molecule has 0 bridgehead atoms. The Labute approximate surface area is 144 Å². The molecule has 0 aliphatic carbocycles. The van der Waals surface area contributed by atoms with E-state index in [0.717, 1.165) is 19.5 Å². The maximum absolute atomic E-state index is 12.4. The number of nitrogens with one attached hydrogen (secondary N) is 2. The highest BCUT2D eigenvalue weighted by molar-refractivity contribution is 7.89. The van der Waals surface area contributed by atoms with Crippen molar-refractivity contribution in [2.45, 2.75) is 44.2 Å². The first-order chi connectivity index (χ1) is 11.2. The topological polar surface area (TPSA) is 78.5 Å². The van der Waals surface area contributed by atoms with Crippen molar-refractivity contribution in [1.29, 1.82) is 0 Å². The minimum absolute atomic E-state index is 0.0988. The molecule has 2 N–H and O–H groups in total. The molecule has 1 aromatic rings. The number of hydrogen-bond donors (Lipinski definition) is 2. The molecule has 7 heteroatoms. The first-order valence-corrected chi connectivity index (χ1v) is 9.77. The third kappa shape index (κ3) is 4.15. The summed E-state index contributed by atoms with van der Waals surface area (Å²) >= 11 is 0. The highest BCUT2D eigenvalue weighted by atomic mass is 32.2. The number of amides is 1. The van der Waals surface area contributed by atoms with Crippen LogP contribution in [0.2, 0.25) is 0 Å². The van der Waals surface area contributed by atoms with Gasteiger partial charge in [-0.1, -0.05) is 6.92 Å². The molecule has 24 heavy (non-hydrogen) atoms. The van der Waals surface area contributed by atoms with Gasteiger partial charge in [0.2, 0.25) is 10.0 Å². The third-order valence-corrected chi connectivity index (χ3v) is 6.71. The van der Waals surface area contributed by atoms with Crippen LogP contribution in [0.4, 0.5) is 0 Å². The van der Waals surface area contributed by atoms with E-state index in [1.165, 1.54) is 16.4 Å². The molecule has 2 unspecified atom stereocenters. The lowest BCUT2D eigenvalue weighted by Gasteiger charge is -2.30. The van der Waals surface area contributed by atoms with Crippen molar-refractivity contribution in [2.24, 2.45) is 5.92 Å². The Bertz CT molecular complexity index is 671. The maximum Gasteiger partial charge on any atom is 0.251 e. The van der Waals surface area contributed by atoms with E-state index in [9.17, 15) is 13.2 Å². The summed E-state index contributed by atoms with van der Waals surface area (Å²) in [5, 5.41) is 6.30. The summed E-state index contributed by atoms with van der Waals surface area (Å²) in [6.07, 6.45) is 1.03. The first kappa shape index (κ1) is 18.9. The normalized spacial score (nSPS) is 21.9. The summed E-state index contributed by atoms with van der Waals surface area (Å²) in [5.41, 5.74) is 0.471. The lowest BCUT2D eigenvalue weighted by molar-refractivity contribution is 0.0915. The van der Waals surface area contributed by atoms with Crippen LogP contribution in [-0.4, -0.2) is 50.9 Å². The lowest BCUT2D eigenvalue weighted by atomic mass is 9.94. The van der Waals surface area contributed by atoms with Gasteiger partial charge in [-0.25, -0.2) is 8.42 Å². The van der Waals surface area contributed by atoms with E-state index < -0.39 is 10.0 Å². The molecule has 6 nitrogen and oxygen atoms in total. The van der Waals surface area contributed by atoms with E-state index in [4.69, 9.17) is 0 Å². The van der Waals surface area contributed by atoms with Crippen LogP contribution in [-0.2, 0) is 10.0 Å². The van der Waals surface area contributed by atoms with Gasteiger partial charge in [0.05, 0.1) is 4.90 Å². The van der Waals surface area contributed by atoms with Gasteiger partial charge in [0, 0.05) is 31.2 Å². The zero-order valence-electron chi connectivity index (χ0n) is 14.7. The number of sulfonamides is 1. The monoisotopic (exact) mass is 353 g/mol. The molecule has 1 saturated heterocycles. The Balaban J connectivity index is 2.10. The van der Waals surface area contributed by atoms with Crippen LogP contribution in [0.1, 0.15) is 37.6 Å². The van der Waals surface area contributed by atoms with Crippen LogP contribution in [0.3, 0.4) is 0 Å². The van der Waals surface area contributed by atoms with E-state index in [0.29, 0.717) is 11.5 Å². The highest BCUT2D eigenvalue weighted by Gasteiger charge is 2.25. The Morgan fingerprint density at radius 2 is 1.92 bits per heavy atom. The average Bonchev–Trinajstić information content (AvgIpc) is 2.56. The molecule has 1 fully saturated rings. The third-order valence-electron chi connectivity index (χ3n) is 4.66. The van der Waals surface area contributed by atoms with Gasteiger partial charge < -0.3 is 10.6 Å². The Morgan fingerprint density at radius 1 is 1.29 bits per heavy atom. The van der Waals surface area contributed by atoms with Crippen LogP contribution in [0.5, 0.6) is 0 Å². The van der Waals surface area contributed by atoms with Crippen molar-refractivity contribution in [3.63, 3.8) is 0 Å². The molecule has 0 aromatic heterocycles. The minimum Gasteiger partial charge on any atom is -0.348 e. The summed E-state index contributed by atoms with van der Waals surface area (Å²) in [6, 6.07) is 6.09. The largest absolute Gasteiger partial charge is 0.348 e. The number of piperidine rings is 1. The SMILES string of the molecule is CC1CCNCC1NC(=O)c1ccc(S(=O)(=O)N(C)C(C)C)cc1. The van der Waals surface area contributed by atoms with Crippen LogP contribution >= 0.6 is 0 Å². The molecule has 1 amide bonds. The number of nitrogens with zero attached hydrogens (tertiary/aromatic N) is 1. The lowest BCUT2D eigenvalue weighted by Crippen LogP contribution is -2.50. The fourth-order valence-corrected chi connectivity index (χ4v) is 4.02. The predicted molar refractivity (Wildman–Crippen MR) is 94.4 cm³/mol. The molecule has 2 rings (SSSR count). The van der Waals surface area contributed by atoms with Crippen molar-refractivity contribution in [3.05, 3.63) is 29.8 Å². The molecule has 1 aliphatic heterocycles. The van der Waals surface area contributed by atoms with E-state index >= 15 is 0 Å². The van der Waals surface area contributed by atoms with Gasteiger partial charge >= 0.3 is 0 Å². The molecule has 1 heterocycles. The molecule has 134 valence electrons. The fourth-order valence-electron chi connectivity index (χ4n) is 2.66. The second kappa shape index (κ2) is 7.63. The van der Waals surface area contributed by atoms with E-state index in [-0.39, 0.29) is 22.9 Å². The number of hydrogen-bond acceptors (Lipinski definition) is 4. The number of carbonyl (C=O) groups excluding carboxylic acids is 1. The van der Waals surface area contributed by atoms with Crippen molar-refractivity contribution in [2.75, 3.05) is 20.1 Å². The van der Waals surface area contributed by atoms with Gasteiger partial charge in [-0.2, -0.15) is 4.31 Å². The predicted octanol–water partition coefficient (Wildman–Crippen LogP) is 1.44. The molecule has 1 aliphatic rings. The summed E-state index contributed by atoms with van der Waals surface area (Å²) in [4.78, 5) is 12.6. The Kier molecular flexibility index (Phi) is 6.01. The molecule has 0 saturated carbocycles. The number of carbonyl (C=O) groups is 1. The second-order valence-corrected chi connectivity index (χ2v) is 8.69. The van der Waals surface area contributed by atoms with Gasteiger partial charge in [-0.3, -0.25) is 4.79 Å². The molecular weight excluding hydrogens is 326 g/mol. The standard InChI is InChI=1S/C17H27N3O3S/c1-12(2)20(4)24(22,23)15-7-5-14(6-8-15)17(21)19-16-11-18-10-9-13(16)3/h5-8,12-13,16,18H,9-11H2,1-4H3,(H,19,21). The average molecular weight is 353 g/mol. The summed E-state index contributed by atoms with van der Waals surface area (Å²) < 4.78 is 26.2. The Hall–Kier alpha value is -1.44. The van der Waals surface area contributed by atoms with E-state index in [1.807, 2.05) is 13.8 Å². The van der Waals surface area contributed by atoms with Crippen LogP contribution in [0.15, 0.2) is 29.2 Å². The van der Waals surface area contributed by atoms with Crippen molar-refractivity contribution in [1.82, 2.24) is 14.9 Å².